The van der Waals surface area contributed by atoms with Crippen molar-refractivity contribution in [3.05, 3.63) is 33.2 Å². The lowest BCUT2D eigenvalue weighted by Gasteiger charge is -2.35. The monoisotopic (exact) mass is 326 g/mol. The summed E-state index contributed by atoms with van der Waals surface area (Å²) >= 11 is 5.36. The van der Waals surface area contributed by atoms with Crippen LogP contribution in [0, 0.1) is 0 Å². The molecule has 1 aliphatic heterocycles. The summed E-state index contributed by atoms with van der Waals surface area (Å²) in [6.07, 6.45) is 3.86. The van der Waals surface area contributed by atoms with Crippen LogP contribution in [0.3, 0.4) is 0 Å². The number of H-pyrrole nitrogens is 1. The van der Waals surface area contributed by atoms with E-state index in [1.807, 2.05) is 12.4 Å². The smallest absolute Gasteiger partial charge is 0.0750 e. The number of nitrogens with one attached hydrogen (secondary N) is 1. The molecule has 3 rings (SSSR count). The summed E-state index contributed by atoms with van der Waals surface area (Å²) in [6.45, 7) is 5.40. The fourth-order valence-electron chi connectivity index (χ4n) is 2.25. The zero-order valence-corrected chi connectivity index (χ0v) is 12.4. The van der Waals surface area contributed by atoms with Gasteiger partial charge in [-0.2, -0.15) is 5.10 Å². The molecule has 96 valence electrons. The number of anilines is 1. The van der Waals surface area contributed by atoms with Crippen LogP contribution in [0.1, 0.15) is 5.56 Å². The number of halogens is 1. The topological polar surface area (TPSA) is 35.2 Å². The van der Waals surface area contributed by atoms with Crippen molar-refractivity contribution in [1.29, 1.82) is 0 Å². The summed E-state index contributed by atoms with van der Waals surface area (Å²) in [4.78, 5) is 4.88. The minimum Gasteiger partial charge on any atom is -0.366 e. The standard InChI is InChI=1S/C12H15BrN4S/c13-12-10(1-6-18-12)9-16-2-4-17(5-3-16)11-7-14-15-8-11/h1,6-8H,2-5,9H2,(H,14,15). The quantitative estimate of drug-likeness (QED) is 0.941. The first-order chi connectivity index (χ1) is 8.83. The third-order valence-electron chi connectivity index (χ3n) is 3.31. The molecule has 0 bridgehead atoms. The van der Waals surface area contributed by atoms with Gasteiger partial charge in [0, 0.05) is 38.9 Å². The van der Waals surface area contributed by atoms with Gasteiger partial charge in [0.1, 0.15) is 0 Å². The van der Waals surface area contributed by atoms with E-state index in [1.54, 1.807) is 11.3 Å². The average Bonchev–Trinajstić information content (AvgIpc) is 3.03. The molecule has 0 saturated carbocycles. The van der Waals surface area contributed by atoms with E-state index >= 15 is 0 Å². The number of hydrogen-bond acceptors (Lipinski definition) is 4. The van der Waals surface area contributed by atoms with Gasteiger partial charge in [0.15, 0.2) is 0 Å². The maximum Gasteiger partial charge on any atom is 0.0750 e. The van der Waals surface area contributed by atoms with Gasteiger partial charge in [-0.3, -0.25) is 10.00 Å². The first kappa shape index (κ1) is 12.2. The third kappa shape index (κ3) is 2.60. The largest absolute Gasteiger partial charge is 0.366 e. The molecule has 1 saturated heterocycles. The lowest BCUT2D eigenvalue weighted by Crippen LogP contribution is -2.45. The van der Waals surface area contributed by atoms with Gasteiger partial charge in [0.2, 0.25) is 0 Å². The number of hydrogen-bond donors (Lipinski definition) is 1. The lowest BCUT2D eigenvalue weighted by molar-refractivity contribution is 0.250. The van der Waals surface area contributed by atoms with Crippen molar-refractivity contribution >= 4 is 33.0 Å². The van der Waals surface area contributed by atoms with Crippen molar-refractivity contribution in [1.82, 2.24) is 15.1 Å². The third-order valence-corrected chi connectivity index (χ3v) is 5.12. The van der Waals surface area contributed by atoms with Crippen LogP contribution in [0.5, 0.6) is 0 Å². The highest BCUT2D eigenvalue weighted by Crippen LogP contribution is 2.25. The fourth-order valence-corrected chi connectivity index (χ4v) is 3.47. The Bertz CT molecular complexity index is 488. The van der Waals surface area contributed by atoms with Crippen LogP contribution < -0.4 is 4.90 Å². The molecule has 1 aliphatic rings. The molecule has 1 fully saturated rings. The molecule has 0 spiro atoms. The normalized spacial score (nSPS) is 17.3. The van der Waals surface area contributed by atoms with E-state index in [1.165, 1.54) is 15.0 Å². The second kappa shape index (κ2) is 5.42. The molecule has 18 heavy (non-hydrogen) atoms. The summed E-state index contributed by atoms with van der Waals surface area (Å²) in [6, 6.07) is 2.21. The lowest BCUT2D eigenvalue weighted by atomic mass is 10.2. The van der Waals surface area contributed by atoms with Crippen molar-refractivity contribution in [2.45, 2.75) is 6.54 Å². The molecule has 4 nitrogen and oxygen atoms in total. The highest BCUT2D eigenvalue weighted by Gasteiger charge is 2.18. The minimum absolute atomic E-state index is 1.04. The van der Waals surface area contributed by atoms with Gasteiger partial charge < -0.3 is 4.90 Å². The molecule has 1 N–H and O–H groups in total. The van der Waals surface area contributed by atoms with Gasteiger partial charge in [-0.1, -0.05) is 0 Å². The molecule has 0 amide bonds. The first-order valence-corrected chi connectivity index (χ1v) is 7.68. The summed E-state index contributed by atoms with van der Waals surface area (Å²) in [5.41, 5.74) is 2.60. The van der Waals surface area contributed by atoms with Crippen LogP contribution in [0.15, 0.2) is 27.6 Å². The van der Waals surface area contributed by atoms with Gasteiger partial charge in [0.25, 0.3) is 0 Å². The maximum absolute atomic E-state index is 4.00. The molecule has 0 atom stereocenters. The summed E-state index contributed by atoms with van der Waals surface area (Å²) in [5, 5.41) is 9.02. The van der Waals surface area contributed by atoms with E-state index in [0.717, 1.165) is 32.7 Å². The Balaban J connectivity index is 1.56. The Labute approximate surface area is 119 Å². The molecule has 0 aromatic carbocycles. The average molecular weight is 327 g/mol. The fraction of sp³-hybridized carbons (Fsp3) is 0.417. The highest BCUT2D eigenvalue weighted by atomic mass is 79.9. The number of aromatic nitrogens is 2. The zero-order valence-electron chi connectivity index (χ0n) is 9.97. The number of thiophene rings is 1. The van der Waals surface area contributed by atoms with Crippen molar-refractivity contribution in [2.24, 2.45) is 0 Å². The number of aromatic amines is 1. The molecule has 6 heteroatoms. The number of piperazine rings is 1. The van der Waals surface area contributed by atoms with Crippen LogP contribution in [-0.4, -0.2) is 41.3 Å². The number of nitrogens with zero attached hydrogens (tertiary/aromatic N) is 3. The Morgan fingerprint density at radius 2 is 2.17 bits per heavy atom. The Kier molecular flexibility index (Phi) is 3.67. The first-order valence-electron chi connectivity index (χ1n) is 6.01. The van der Waals surface area contributed by atoms with E-state index in [0.29, 0.717) is 0 Å². The molecule has 2 aromatic heterocycles. The molecule has 2 aromatic rings. The van der Waals surface area contributed by atoms with Crippen molar-refractivity contribution in [2.75, 3.05) is 31.1 Å². The zero-order chi connectivity index (χ0) is 12.4. The van der Waals surface area contributed by atoms with E-state index in [2.05, 4.69) is 47.4 Å². The Hall–Kier alpha value is -0.850. The van der Waals surface area contributed by atoms with Gasteiger partial charge >= 0.3 is 0 Å². The Morgan fingerprint density at radius 3 is 2.78 bits per heavy atom. The van der Waals surface area contributed by atoms with E-state index in [-0.39, 0.29) is 0 Å². The van der Waals surface area contributed by atoms with Gasteiger partial charge in [-0.15, -0.1) is 11.3 Å². The molecule has 3 heterocycles. The number of rotatable bonds is 3. The van der Waals surface area contributed by atoms with Gasteiger partial charge in [-0.05, 0) is 32.9 Å². The Morgan fingerprint density at radius 1 is 1.33 bits per heavy atom. The maximum atomic E-state index is 4.00. The second-order valence-corrected chi connectivity index (χ2v) is 6.67. The molecular formula is C12H15BrN4S. The van der Waals surface area contributed by atoms with Crippen molar-refractivity contribution in [3.8, 4) is 0 Å². The van der Waals surface area contributed by atoms with Crippen molar-refractivity contribution in [3.63, 3.8) is 0 Å². The van der Waals surface area contributed by atoms with Gasteiger partial charge in [-0.25, -0.2) is 0 Å². The van der Waals surface area contributed by atoms with Crippen LogP contribution in [0.25, 0.3) is 0 Å². The SMILES string of the molecule is Brc1sccc1CN1CCN(c2cn[nH]c2)CC1. The van der Waals surface area contributed by atoms with E-state index in [4.69, 9.17) is 0 Å². The highest BCUT2D eigenvalue weighted by molar-refractivity contribution is 9.11. The van der Waals surface area contributed by atoms with Crippen LogP contribution >= 0.6 is 27.3 Å². The molecular weight excluding hydrogens is 312 g/mol. The minimum atomic E-state index is 1.04. The van der Waals surface area contributed by atoms with Gasteiger partial charge in [0.05, 0.1) is 15.7 Å². The van der Waals surface area contributed by atoms with Crippen molar-refractivity contribution < 1.29 is 0 Å². The molecule has 0 unspecified atom stereocenters. The van der Waals surface area contributed by atoms with Crippen LogP contribution in [0.2, 0.25) is 0 Å². The second-order valence-electron chi connectivity index (χ2n) is 4.44. The molecule has 0 radical (unpaired) electrons. The molecule has 0 aliphatic carbocycles. The summed E-state index contributed by atoms with van der Waals surface area (Å²) in [5.74, 6) is 0. The van der Waals surface area contributed by atoms with Crippen LogP contribution in [0.4, 0.5) is 5.69 Å². The predicted molar refractivity (Wildman–Crippen MR) is 78.1 cm³/mol. The van der Waals surface area contributed by atoms with Crippen LogP contribution in [-0.2, 0) is 6.54 Å². The summed E-state index contributed by atoms with van der Waals surface area (Å²) in [7, 11) is 0. The van der Waals surface area contributed by atoms with E-state index < -0.39 is 0 Å². The van der Waals surface area contributed by atoms with E-state index in [9.17, 15) is 0 Å². The summed E-state index contributed by atoms with van der Waals surface area (Å²) < 4.78 is 1.26. The predicted octanol–water partition coefficient (Wildman–Crippen LogP) is 2.56.